The molecule has 0 aromatic heterocycles. The molecule has 0 saturated heterocycles. The fourth-order valence-electron chi connectivity index (χ4n) is 4.55. The van der Waals surface area contributed by atoms with Crippen molar-refractivity contribution in [2.24, 2.45) is 0 Å². The third kappa shape index (κ3) is 7.88. The van der Waals surface area contributed by atoms with Gasteiger partial charge in [-0.25, -0.2) is 8.42 Å². The number of sulfonamides is 1. The van der Waals surface area contributed by atoms with Crippen molar-refractivity contribution in [2.75, 3.05) is 18.0 Å². The molecule has 1 N–H and O–H groups in total. The molecule has 41 heavy (non-hydrogen) atoms. The Labute approximate surface area is 244 Å². The average molecular weight is 580 g/mol. The number of benzene rings is 3. The fraction of sp³-hybridized carbons (Fsp3) is 0.375. The summed E-state index contributed by atoms with van der Waals surface area (Å²) in [6.07, 6.45) is 1.10. The third-order valence-corrected chi connectivity index (χ3v) is 8.84. The zero-order valence-corrected chi connectivity index (χ0v) is 25.6. The van der Waals surface area contributed by atoms with E-state index in [9.17, 15) is 18.0 Å². The number of aryl methyl sites for hydroxylation is 2. The molecule has 0 aliphatic carbocycles. The molecular weight excluding hydrogens is 538 g/mol. The number of carbonyl (C=O) groups excluding carboxylic acids is 2. The quantitative estimate of drug-likeness (QED) is 0.299. The number of amides is 2. The Kier molecular flexibility index (Phi) is 10.9. The number of hydrogen-bond acceptors (Lipinski definition) is 5. The van der Waals surface area contributed by atoms with Crippen molar-refractivity contribution in [1.29, 1.82) is 0 Å². The van der Waals surface area contributed by atoms with Crippen LogP contribution in [0.4, 0.5) is 5.69 Å². The molecule has 0 aliphatic heterocycles. The van der Waals surface area contributed by atoms with Gasteiger partial charge < -0.3 is 15.0 Å². The highest BCUT2D eigenvalue weighted by Gasteiger charge is 2.35. The summed E-state index contributed by atoms with van der Waals surface area (Å²) in [6.45, 7) is 9.19. The van der Waals surface area contributed by atoms with Gasteiger partial charge in [-0.05, 0) is 63.4 Å². The normalized spacial score (nSPS) is 12.7. The number of ether oxygens (including phenoxy) is 1. The lowest BCUT2D eigenvalue weighted by Crippen LogP contribution is -2.53. The summed E-state index contributed by atoms with van der Waals surface area (Å²) >= 11 is 0. The SMILES string of the molecule is CC[C@H](C)NC(=O)[C@H](CC)N(Cc1cccc(C)c1)C(=O)CN(c1ccccc1OC)S(=O)(=O)c1ccc(C)cc1. The summed E-state index contributed by atoms with van der Waals surface area (Å²) in [4.78, 5) is 29.1. The van der Waals surface area contributed by atoms with Crippen LogP contribution in [-0.2, 0) is 26.2 Å². The predicted molar refractivity (Wildman–Crippen MR) is 162 cm³/mol. The van der Waals surface area contributed by atoms with E-state index in [1.807, 2.05) is 58.9 Å². The Morgan fingerprint density at radius 1 is 0.902 bits per heavy atom. The van der Waals surface area contributed by atoms with E-state index in [-0.39, 0.29) is 29.1 Å². The molecule has 3 rings (SSSR count). The van der Waals surface area contributed by atoms with E-state index in [1.165, 1.54) is 24.1 Å². The fourth-order valence-corrected chi connectivity index (χ4v) is 5.98. The number of nitrogens with zero attached hydrogens (tertiary/aromatic N) is 2. The maximum atomic E-state index is 14.2. The first kappa shape index (κ1) is 31.7. The van der Waals surface area contributed by atoms with Crippen LogP contribution in [0.1, 0.15) is 50.3 Å². The van der Waals surface area contributed by atoms with Gasteiger partial charge in [0.2, 0.25) is 11.8 Å². The first-order valence-corrected chi connectivity index (χ1v) is 15.3. The first-order chi connectivity index (χ1) is 19.5. The molecule has 0 heterocycles. The zero-order valence-electron chi connectivity index (χ0n) is 24.8. The molecular formula is C32H41N3O5S. The second-order valence-electron chi connectivity index (χ2n) is 10.2. The van der Waals surface area contributed by atoms with Gasteiger partial charge in [-0.2, -0.15) is 0 Å². The summed E-state index contributed by atoms with van der Waals surface area (Å²) in [5.41, 5.74) is 3.01. The van der Waals surface area contributed by atoms with Gasteiger partial charge in [0.25, 0.3) is 10.0 Å². The Morgan fingerprint density at radius 2 is 1.59 bits per heavy atom. The van der Waals surface area contributed by atoms with E-state index in [4.69, 9.17) is 4.74 Å². The zero-order chi connectivity index (χ0) is 30.2. The summed E-state index contributed by atoms with van der Waals surface area (Å²) in [5.74, 6) is -0.463. The molecule has 0 bridgehead atoms. The third-order valence-electron chi connectivity index (χ3n) is 7.06. The maximum Gasteiger partial charge on any atom is 0.264 e. The van der Waals surface area contributed by atoms with E-state index in [2.05, 4.69) is 5.32 Å². The lowest BCUT2D eigenvalue weighted by atomic mass is 10.1. The number of nitrogens with one attached hydrogen (secondary N) is 1. The second-order valence-corrected chi connectivity index (χ2v) is 12.1. The van der Waals surface area contributed by atoms with E-state index >= 15 is 0 Å². The second kappa shape index (κ2) is 14.2. The average Bonchev–Trinajstić information content (AvgIpc) is 2.95. The Balaban J connectivity index is 2.10. The van der Waals surface area contributed by atoms with Gasteiger partial charge in [-0.1, -0.05) is 73.5 Å². The molecule has 0 spiro atoms. The van der Waals surface area contributed by atoms with Gasteiger partial charge in [0.1, 0.15) is 18.3 Å². The van der Waals surface area contributed by atoms with Crippen LogP contribution >= 0.6 is 0 Å². The molecule has 9 heteroatoms. The van der Waals surface area contributed by atoms with Gasteiger partial charge >= 0.3 is 0 Å². The van der Waals surface area contributed by atoms with Crippen molar-refractivity contribution in [3.63, 3.8) is 0 Å². The number of hydrogen-bond donors (Lipinski definition) is 1. The van der Waals surface area contributed by atoms with E-state index in [1.54, 1.807) is 36.4 Å². The number of carbonyl (C=O) groups is 2. The van der Waals surface area contributed by atoms with E-state index in [0.717, 1.165) is 27.4 Å². The van der Waals surface area contributed by atoms with Gasteiger partial charge in [-0.3, -0.25) is 13.9 Å². The molecule has 0 fully saturated rings. The molecule has 0 radical (unpaired) electrons. The Hall–Kier alpha value is -3.85. The molecule has 3 aromatic rings. The maximum absolute atomic E-state index is 14.2. The lowest BCUT2D eigenvalue weighted by molar-refractivity contribution is -0.140. The van der Waals surface area contributed by atoms with Crippen molar-refractivity contribution in [3.05, 3.63) is 89.5 Å². The van der Waals surface area contributed by atoms with Crippen LogP contribution < -0.4 is 14.4 Å². The summed E-state index contributed by atoms with van der Waals surface area (Å²) in [5, 5.41) is 2.99. The minimum atomic E-state index is -4.18. The van der Waals surface area contributed by atoms with Crippen LogP contribution in [0.25, 0.3) is 0 Å². The number of rotatable bonds is 13. The van der Waals surface area contributed by atoms with E-state index in [0.29, 0.717) is 12.2 Å². The minimum Gasteiger partial charge on any atom is -0.495 e. The number of anilines is 1. The largest absolute Gasteiger partial charge is 0.495 e. The van der Waals surface area contributed by atoms with Crippen molar-refractivity contribution in [1.82, 2.24) is 10.2 Å². The monoisotopic (exact) mass is 579 g/mol. The van der Waals surface area contributed by atoms with Gasteiger partial charge in [-0.15, -0.1) is 0 Å². The molecule has 0 aliphatic rings. The van der Waals surface area contributed by atoms with Crippen LogP contribution in [0.5, 0.6) is 5.75 Å². The van der Waals surface area contributed by atoms with Crippen LogP contribution in [0.3, 0.4) is 0 Å². The van der Waals surface area contributed by atoms with Crippen LogP contribution in [0, 0.1) is 13.8 Å². The smallest absolute Gasteiger partial charge is 0.264 e. The molecule has 2 amide bonds. The molecule has 8 nitrogen and oxygen atoms in total. The minimum absolute atomic E-state index is 0.0496. The first-order valence-electron chi connectivity index (χ1n) is 13.9. The van der Waals surface area contributed by atoms with Crippen molar-refractivity contribution in [3.8, 4) is 5.75 Å². The van der Waals surface area contributed by atoms with Crippen LogP contribution in [-0.4, -0.2) is 50.9 Å². The lowest BCUT2D eigenvalue weighted by Gasteiger charge is -2.34. The highest BCUT2D eigenvalue weighted by Crippen LogP contribution is 2.32. The van der Waals surface area contributed by atoms with Gasteiger partial charge in [0, 0.05) is 12.6 Å². The van der Waals surface area contributed by atoms with Crippen molar-refractivity contribution >= 4 is 27.5 Å². The summed E-state index contributed by atoms with van der Waals surface area (Å²) < 4.78 is 34.7. The Bertz CT molecular complexity index is 1440. The van der Waals surface area contributed by atoms with E-state index < -0.39 is 28.5 Å². The standard InChI is InChI=1S/C32H41N3O5S/c1-7-25(5)33-32(37)28(8-2)34(21-26-13-11-12-24(4)20-26)31(36)22-35(29-14-9-10-15-30(29)40-6)41(38,39)27-18-16-23(3)17-19-27/h9-20,25,28H,7-8,21-22H2,1-6H3,(H,33,37)/t25-,28-/m0/s1. The molecule has 3 aromatic carbocycles. The van der Waals surface area contributed by atoms with Crippen LogP contribution in [0.15, 0.2) is 77.7 Å². The Morgan fingerprint density at radius 3 is 2.20 bits per heavy atom. The van der Waals surface area contributed by atoms with Gasteiger partial charge in [0.05, 0.1) is 17.7 Å². The molecule has 0 saturated carbocycles. The molecule has 2 atom stereocenters. The highest BCUT2D eigenvalue weighted by atomic mass is 32.2. The molecule has 0 unspecified atom stereocenters. The summed E-state index contributed by atoms with van der Waals surface area (Å²) in [6, 6.07) is 20.0. The predicted octanol–water partition coefficient (Wildman–Crippen LogP) is 5.23. The van der Waals surface area contributed by atoms with Crippen molar-refractivity contribution in [2.45, 2.75) is 71.0 Å². The van der Waals surface area contributed by atoms with Crippen molar-refractivity contribution < 1.29 is 22.7 Å². The molecule has 220 valence electrons. The topological polar surface area (TPSA) is 96.0 Å². The highest BCUT2D eigenvalue weighted by molar-refractivity contribution is 7.92. The number of para-hydroxylation sites is 2. The van der Waals surface area contributed by atoms with Gasteiger partial charge in [0.15, 0.2) is 0 Å². The number of methoxy groups -OCH3 is 1. The van der Waals surface area contributed by atoms with Crippen LogP contribution in [0.2, 0.25) is 0 Å². The summed E-state index contributed by atoms with van der Waals surface area (Å²) in [7, 11) is -2.73.